The molecule has 0 heterocycles. The van der Waals surface area contributed by atoms with Crippen molar-refractivity contribution < 1.29 is 19.1 Å². The second-order valence-corrected chi connectivity index (χ2v) is 10.2. The molecule has 0 aliphatic heterocycles. The van der Waals surface area contributed by atoms with E-state index in [2.05, 4.69) is 10.6 Å². The lowest BCUT2D eigenvalue weighted by Gasteiger charge is -2.55. The molecule has 1 aromatic carbocycles. The van der Waals surface area contributed by atoms with Gasteiger partial charge in [-0.2, -0.15) is 0 Å². The van der Waals surface area contributed by atoms with Crippen LogP contribution in [0.15, 0.2) is 18.2 Å². The van der Waals surface area contributed by atoms with E-state index in [1.807, 2.05) is 32.0 Å². The first-order valence-corrected chi connectivity index (χ1v) is 11.6. The van der Waals surface area contributed by atoms with Crippen molar-refractivity contribution in [1.29, 1.82) is 0 Å². The number of aryl methyl sites for hydroxylation is 2. The topological polar surface area (TPSA) is 84.5 Å². The van der Waals surface area contributed by atoms with Crippen molar-refractivity contribution >= 4 is 23.5 Å². The van der Waals surface area contributed by atoms with Crippen LogP contribution in [0.2, 0.25) is 0 Å². The molecule has 2 amide bonds. The van der Waals surface area contributed by atoms with Crippen molar-refractivity contribution in [1.82, 2.24) is 5.32 Å². The van der Waals surface area contributed by atoms with Gasteiger partial charge < -0.3 is 15.4 Å². The van der Waals surface area contributed by atoms with Crippen LogP contribution < -0.4 is 10.6 Å². The predicted molar refractivity (Wildman–Crippen MR) is 118 cm³/mol. The molecule has 5 rings (SSSR count). The molecule has 0 saturated heterocycles. The van der Waals surface area contributed by atoms with Gasteiger partial charge in [0.25, 0.3) is 5.91 Å². The van der Waals surface area contributed by atoms with Crippen molar-refractivity contribution in [2.24, 2.45) is 23.2 Å². The number of ether oxygens (including phenoxy) is 1. The van der Waals surface area contributed by atoms with Gasteiger partial charge in [0.05, 0.1) is 0 Å². The summed E-state index contributed by atoms with van der Waals surface area (Å²) >= 11 is 0. The molecule has 1 aromatic rings. The largest absolute Gasteiger partial charge is 0.451 e. The highest BCUT2D eigenvalue weighted by atomic mass is 16.5. The summed E-state index contributed by atoms with van der Waals surface area (Å²) in [4.78, 5) is 38.3. The van der Waals surface area contributed by atoms with Crippen molar-refractivity contribution in [2.45, 2.75) is 78.4 Å². The summed E-state index contributed by atoms with van der Waals surface area (Å²) in [6.45, 7) is 7.02. The average molecular weight is 427 g/mol. The number of carbonyl (C=O) groups is 3. The van der Waals surface area contributed by atoms with E-state index in [0.717, 1.165) is 36.1 Å². The molecule has 4 bridgehead atoms. The molecule has 168 valence electrons. The third kappa shape index (κ3) is 4.35. The van der Waals surface area contributed by atoms with Crippen molar-refractivity contribution in [3.8, 4) is 0 Å². The smallest absolute Gasteiger partial charge is 0.329 e. The van der Waals surface area contributed by atoms with E-state index in [-0.39, 0.29) is 17.2 Å². The Morgan fingerprint density at radius 3 is 2.00 bits per heavy atom. The highest BCUT2D eigenvalue weighted by molar-refractivity contribution is 5.97. The van der Waals surface area contributed by atoms with Crippen LogP contribution in [0.3, 0.4) is 0 Å². The zero-order chi connectivity index (χ0) is 22.3. The summed E-state index contributed by atoms with van der Waals surface area (Å²) in [5.74, 6) is 1.00. The first-order chi connectivity index (χ1) is 14.7. The van der Waals surface area contributed by atoms with Gasteiger partial charge in [-0.25, -0.2) is 4.79 Å². The Bertz CT molecular complexity index is 838. The second kappa shape index (κ2) is 8.29. The highest BCUT2D eigenvalue weighted by Gasteiger charge is 2.54. The number of nitrogens with one attached hydrogen (secondary N) is 2. The molecule has 2 atom stereocenters. The average Bonchev–Trinajstić information content (AvgIpc) is 2.69. The van der Waals surface area contributed by atoms with Crippen molar-refractivity contribution in [3.63, 3.8) is 0 Å². The number of esters is 1. The van der Waals surface area contributed by atoms with Gasteiger partial charge >= 0.3 is 5.97 Å². The van der Waals surface area contributed by atoms with Crippen LogP contribution in [0, 0.1) is 37.0 Å². The van der Waals surface area contributed by atoms with Crippen LogP contribution in [0.1, 0.15) is 63.5 Å². The monoisotopic (exact) mass is 426 g/mol. The molecule has 0 aromatic heterocycles. The molecule has 6 heteroatoms. The molecule has 4 aliphatic rings. The maximum atomic E-state index is 13.1. The second-order valence-electron chi connectivity index (χ2n) is 10.2. The van der Waals surface area contributed by atoms with Gasteiger partial charge in [-0.1, -0.05) is 18.2 Å². The summed E-state index contributed by atoms with van der Waals surface area (Å²) in [5.41, 5.74) is 2.32. The normalized spacial score (nSPS) is 30.4. The molecule has 0 spiro atoms. The van der Waals surface area contributed by atoms with E-state index < -0.39 is 18.1 Å². The zero-order valence-corrected chi connectivity index (χ0v) is 19.0. The van der Waals surface area contributed by atoms with Crippen LogP contribution in [-0.2, 0) is 19.1 Å². The lowest BCUT2D eigenvalue weighted by atomic mass is 9.49. The van der Waals surface area contributed by atoms with Crippen LogP contribution in [0.4, 0.5) is 5.69 Å². The molecule has 4 fully saturated rings. The van der Waals surface area contributed by atoms with Crippen LogP contribution in [0.5, 0.6) is 0 Å². The van der Waals surface area contributed by atoms with Gasteiger partial charge in [-0.05, 0) is 95.1 Å². The molecule has 0 radical (unpaired) electrons. The van der Waals surface area contributed by atoms with Crippen LogP contribution >= 0.6 is 0 Å². The third-order valence-electron chi connectivity index (χ3n) is 7.61. The molecule has 0 unspecified atom stereocenters. The molecule has 6 nitrogen and oxygen atoms in total. The van der Waals surface area contributed by atoms with Crippen molar-refractivity contribution in [3.05, 3.63) is 29.3 Å². The number of amides is 2. The molecule has 31 heavy (non-hydrogen) atoms. The molecule has 4 saturated carbocycles. The van der Waals surface area contributed by atoms with E-state index in [4.69, 9.17) is 4.74 Å². The summed E-state index contributed by atoms with van der Waals surface area (Å²) in [6.07, 6.45) is 5.67. The molecule has 4 aliphatic carbocycles. The summed E-state index contributed by atoms with van der Waals surface area (Å²) < 4.78 is 5.38. The summed E-state index contributed by atoms with van der Waals surface area (Å²) in [7, 11) is 0. The number of carbonyl (C=O) groups excluding carboxylic acids is 3. The van der Waals surface area contributed by atoms with Gasteiger partial charge in [0, 0.05) is 11.1 Å². The Morgan fingerprint density at radius 1 is 0.968 bits per heavy atom. The minimum absolute atomic E-state index is 0.0105. The fraction of sp³-hybridized carbons (Fsp3) is 0.640. The predicted octanol–water partition coefficient (Wildman–Crippen LogP) is 3.89. The number of hydrogen-bond donors (Lipinski definition) is 2. The first-order valence-electron chi connectivity index (χ1n) is 11.6. The zero-order valence-electron chi connectivity index (χ0n) is 19.0. The van der Waals surface area contributed by atoms with E-state index >= 15 is 0 Å². The van der Waals surface area contributed by atoms with Gasteiger partial charge in [-0.3, -0.25) is 9.59 Å². The minimum Gasteiger partial charge on any atom is -0.451 e. The van der Waals surface area contributed by atoms with E-state index in [1.165, 1.54) is 19.3 Å². The van der Waals surface area contributed by atoms with Gasteiger partial charge in [0.2, 0.25) is 5.91 Å². The molecular formula is C25H34N2O4. The maximum Gasteiger partial charge on any atom is 0.329 e. The first kappa shape index (κ1) is 21.8. The number of hydrogen-bond acceptors (Lipinski definition) is 4. The number of benzene rings is 1. The highest BCUT2D eigenvalue weighted by Crippen LogP contribution is 2.60. The SMILES string of the molecule is Cc1cccc(C)c1NC(=O)[C@@H](C)OC(=O)[C@H](C)NC(=O)C12CC3CC(CC(C3)C1)C2. The minimum atomic E-state index is -0.953. The Hall–Kier alpha value is -2.37. The van der Waals surface area contributed by atoms with E-state index in [0.29, 0.717) is 17.8 Å². The lowest BCUT2D eigenvalue weighted by molar-refractivity contribution is -0.158. The summed E-state index contributed by atoms with van der Waals surface area (Å²) in [5, 5.41) is 5.75. The van der Waals surface area contributed by atoms with Gasteiger partial charge in [-0.15, -0.1) is 0 Å². The quantitative estimate of drug-likeness (QED) is 0.676. The standard InChI is InChI=1S/C25H34N2O4/c1-14-6-5-7-15(2)21(14)27-22(28)17(4)31-23(29)16(3)26-24(30)25-11-18-8-19(12-25)10-20(9-18)13-25/h5-7,16-20H,8-13H2,1-4H3,(H,26,30)(H,27,28)/t16-,17+,18?,19?,20?,25?/m0/s1. The Kier molecular flexibility index (Phi) is 5.84. The third-order valence-corrected chi connectivity index (χ3v) is 7.61. The Balaban J connectivity index is 1.32. The van der Waals surface area contributed by atoms with Gasteiger partial charge in [0.15, 0.2) is 6.10 Å². The van der Waals surface area contributed by atoms with Crippen molar-refractivity contribution in [2.75, 3.05) is 5.32 Å². The van der Waals surface area contributed by atoms with Crippen LogP contribution in [-0.4, -0.2) is 29.9 Å². The number of para-hydroxylation sites is 1. The Labute approximate surface area is 184 Å². The van der Waals surface area contributed by atoms with E-state index in [1.54, 1.807) is 13.8 Å². The van der Waals surface area contributed by atoms with Gasteiger partial charge in [0.1, 0.15) is 6.04 Å². The molecular weight excluding hydrogens is 392 g/mol. The fourth-order valence-corrected chi connectivity index (χ4v) is 6.36. The number of anilines is 1. The fourth-order valence-electron chi connectivity index (χ4n) is 6.36. The van der Waals surface area contributed by atoms with E-state index in [9.17, 15) is 14.4 Å². The maximum absolute atomic E-state index is 13.1. The van der Waals surface area contributed by atoms with Crippen LogP contribution in [0.25, 0.3) is 0 Å². The summed E-state index contributed by atoms with van der Waals surface area (Å²) in [6, 6.07) is 4.98. The number of rotatable bonds is 6. The lowest BCUT2D eigenvalue weighted by Crippen LogP contribution is -2.56. The Morgan fingerprint density at radius 2 is 1.48 bits per heavy atom. The molecule has 2 N–H and O–H groups in total.